The number of hydrogen-bond acceptors (Lipinski definition) is 5. The van der Waals surface area contributed by atoms with Gasteiger partial charge in [0.2, 0.25) is 0 Å². The summed E-state index contributed by atoms with van der Waals surface area (Å²) in [6.07, 6.45) is 0. The first kappa shape index (κ1) is 16.2. The molecule has 1 N–H and O–H groups in total. The predicted molar refractivity (Wildman–Crippen MR) is 75.0 cm³/mol. The zero-order valence-corrected chi connectivity index (χ0v) is 12.3. The van der Waals surface area contributed by atoms with Gasteiger partial charge in [0, 0.05) is 0 Å². The number of benzene rings is 1. The SMILES string of the molecule is COC(=O)CN[C@@H](C(=O)OC(C)(C)C)c1ccccc1. The van der Waals surface area contributed by atoms with E-state index in [0.717, 1.165) is 5.56 Å². The minimum absolute atomic E-state index is 0.0602. The molecule has 110 valence electrons. The van der Waals surface area contributed by atoms with Crippen molar-refractivity contribution >= 4 is 11.9 Å². The van der Waals surface area contributed by atoms with E-state index in [0.29, 0.717) is 0 Å². The molecule has 0 saturated heterocycles. The van der Waals surface area contributed by atoms with E-state index in [4.69, 9.17) is 4.74 Å². The van der Waals surface area contributed by atoms with Gasteiger partial charge in [0.25, 0.3) is 0 Å². The largest absolute Gasteiger partial charge is 0.468 e. The molecule has 1 aromatic carbocycles. The highest BCUT2D eigenvalue weighted by molar-refractivity contribution is 5.79. The van der Waals surface area contributed by atoms with E-state index in [1.54, 1.807) is 32.9 Å². The summed E-state index contributed by atoms with van der Waals surface area (Å²) in [5.74, 6) is -0.859. The zero-order chi connectivity index (χ0) is 15.2. The van der Waals surface area contributed by atoms with Gasteiger partial charge < -0.3 is 9.47 Å². The van der Waals surface area contributed by atoms with Crippen molar-refractivity contribution in [3.8, 4) is 0 Å². The van der Waals surface area contributed by atoms with Crippen molar-refractivity contribution in [1.82, 2.24) is 5.32 Å². The van der Waals surface area contributed by atoms with Crippen molar-refractivity contribution in [2.45, 2.75) is 32.4 Å². The average Bonchev–Trinajstić information content (AvgIpc) is 2.37. The number of nitrogens with one attached hydrogen (secondary N) is 1. The van der Waals surface area contributed by atoms with Gasteiger partial charge in [-0.05, 0) is 26.3 Å². The van der Waals surface area contributed by atoms with Gasteiger partial charge in [-0.1, -0.05) is 30.3 Å². The summed E-state index contributed by atoms with van der Waals surface area (Å²) in [7, 11) is 1.30. The molecule has 0 spiro atoms. The Labute approximate surface area is 119 Å². The van der Waals surface area contributed by atoms with Crippen LogP contribution in [0.2, 0.25) is 0 Å². The molecule has 1 rings (SSSR count). The van der Waals surface area contributed by atoms with Crippen LogP contribution >= 0.6 is 0 Å². The lowest BCUT2D eigenvalue weighted by atomic mass is 10.1. The predicted octanol–water partition coefficient (Wildman–Crippen LogP) is 1.83. The average molecular weight is 279 g/mol. The highest BCUT2D eigenvalue weighted by Crippen LogP contribution is 2.18. The van der Waals surface area contributed by atoms with E-state index in [2.05, 4.69) is 10.1 Å². The van der Waals surface area contributed by atoms with Gasteiger partial charge in [0.15, 0.2) is 0 Å². The van der Waals surface area contributed by atoms with Gasteiger partial charge >= 0.3 is 11.9 Å². The van der Waals surface area contributed by atoms with Crippen molar-refractivity contribution in [3.63, 3.8) is 0 Å². The molecule has 20 heavy (non-hydrogen) atoms. The second-order valence-corrected chi connectivity index (χ2v) is 5.33. The van der Waals surface area contributed by atoms with Gasteiger partial charge in [0.1, 0.15) is 11.6 Å². The van der Waals surface area contributed by atoms with Crippen molar-refractivity contribution in [3.05, 3.63) is 35.9 Å². The van der Waals surface area contributed by atoms with Gasteiger partial charge in [-0.2, -0.15) is 0 Å². The van der Waals surface area contributed by atoms with Gasteiger partial charge in [-0.3, -0.25) is 10.1 Å². The van der Waals surface area contributed by atoms with Crippen LogP contribution in [0.15, 0.2) is 30.3 Å². The summed E-state index contributed by atoms with van der Waals surface area (Å²) in [5.41, 5.74) is 0.155. The minimum atomic E-state index is -0.700. The first-order chi connectivity index (χ1) is 9.33. The third-order valence-electron chi connectivity index (χ3n) is 2.45. The molecule has 0 saturated carbocycles. The Morgan fingerprint density at radius 1 is 1.20 bits per heavy atom. The van der Waals surface area contributed by atoms with Crippen molar-refractivity contribution < 1.29 is 19.1 Å². The first-order valence-corrected chi connectivity index (χ1v) is 6.41. The van der Waals surface area contributed by atoms with E-state index in [1.165, 1.54) is 7.11 Å². The van der Waals surface area contributed by atoms with Crippen LogP contribution in [0, 0.1) is 0 Å². The standard InChI is InChI=1S/C15H21NO4/c1-15(2,3)20-14(18)13(16-10-12(17)19-4)11-8-6-5-7-9-11/h5-9,13,16H,10H2,1-4H3/t13-/m1/s1. The smallest absolute Gasteiger partial charge is 0.328 e. The van der Waals surface area contributed by atoms with Crippen LogP contribution in [0.3, 0.4) is 0 Å². The molecular formula is C15H21NO4. The number of methoxy groups -OCH3 is 1. The van der Waals surface area contributed by atoms with Crippen LogP contribution in [0.25, 0.3) is 0 Å². The fourth-order valence-corrected chi connectivity index (χ4v) is 1.60. The number of esters is 2. The molecule has 0 aliphatic heterocycles. The summed E-state index contributed by atoms with van der Waals surface area (Å²) >= 11 is 0. The molecule has 0 radical (unpaired) electrons. The van der Waals surface area contributed by atoms with Crippen LogP contribution in [-0.4, -0.2) is 31.2 Å². The Bertz CT molecular complexity index is 451. The van der Waals surface area contributed by atoms with Crippen LogP contribution in [0.4, 0.5) is 0 Å². The Hall–Kier alpha value is -1.88. The maximum absolute atomic E-state index is 12.2. The lowest BCUT2D eigenvalue weighted by Crippen LogP contribution is -2.37. The van der Waals surface area contributed by atoms with Crippen LogP contribution in [0.1, 0.15) is 32.4 Å². The fraction of sp³-hybridized carbons (Fsp3) is 0.467. The van der Waals surface area contributed by atoms with Crippen LogP contribution in [-0.2, 0) is 19.1 Å². The Morgan fingerprint density at radius 3 is 2.30 bits per heavy atom. The summed E-state index contributed by atoms with van der Waals surface area (Å²) < 4.78 is 9.93. The monoisotopic (exact) mass is 279 g/mol. The number of ether oxygens (including phenoxy) is 2. The van der Waals surface area contributed by atoms with Crippen molar-refractivity contribution in [1.29, 1.82) is 0 Å². The maximum Gasteiger partial charge on any atom is 0.328 e. The number of rotatable bonds is 5. The number of hydrogen-bond donors (Lipinski definition) is 1. The summed E-state index contributed by atoms with van der Waals surface area (Å²) in [6, 6.07) is 8.42. The summed E-state index contributed by atoms with van der Waals surface area (Å²) in [4.78, 5) is 23.4. The molecule has 0 aliphatic carbocycles. The van der Waals surface area contributed by atoms with E-state index >= 15 is 0 Å². The normalized spacial score (nSPS) is 12.6. The molecule has 1 atom stereocenters. The molecule has 0 aliphatic rings. The highest BCUT2D eigenvalue weighted by atomic mass is 16.6. The molecule has 0 aromatic heterocycles. The van der Waals surface area contributed by atoms with Crippen molar-refractivity contribution in [2.24, 2.45) is 0 Å². The molecule has 0 amide bonds. The Morgan fingerprint density at radius 2 is 1.80 bits per heavy atom. The molecule has 0 fully saturated rings. The third kappa shape index (κ3) is 5.40. The quantitative estimate of drug-likeness (QED) is 0.833. The second-order valence-electron chi connectivity index (χ2n) is 5.33. The van der Waals surface area contributed by atoms with E-state index < -0.39 is 23.6 Å². The van der Waals surface area contributed by atoms with E-state index in [-0.39, 0.29) is 6.54 Å². The fourth-order valence-electron chi connectivity index (χ4n) is 1.60. The van der Waals surface area contributed by atoms with E-state index in [9.17, 15) is 9.59 Å². The summed E-state index contributed by atoms with van der Waals surface area (Å²) in [6.45, 7) is 5.34. The zero-order valence-electron chi connectivity index (χ0n) is 12.3. The van der Waals surface area contributed by atoms with Crippen LogP contribution < -0.4 is 5.32 Å². The van der Waals surface area contributed by atoms with Gasteiger partial charge in [-0.15, -0.1) is 0 Å². The van der Waals surface area contributed by atoms with Gasteiger partial charge in [0.05, 0.1) is 13.7 Å². The van der Waals surface area contributed by atoms with Crippen molar-refractivity contribution in [2.75, 3.05) is 13.7 Å². The molecular weight excluding hydrogens is 258 g/mol. The Balaban J connectivity index is 2.84. The first-order valence-electron chi connectivity index (χ1n) is 6.41. The van der Waals surface area contributed by atoms with E-state index in [1.807, 2.05) is 18.2 Å². The lowest BCUT2D eigenvalue weighted by molar-refractivity contribution is -0.157. The molecule has 5 nitrogen and oxygen atoms in total. The van der Waals surface area contributed by atoms with Crippen LogP contribution in [0.5, 0.6) is 0 Å². The number of carbonyl (C=O) groups is 2. The lowest BCUT2D eigenvalue weighted by Gasteiger charge is -2.24. The molecule has 0 heterocycles. The Kier molecular flexibility index (Phi) is 5.70. The highest BCUT2D eigenvalue weighted by Gasteiger charge is 2.26. The molecule has 0 unspecified atom stereocenters. The molecule has 5 heteroatoms. The summed E-state index contributed by atoms with van der Waals surface area (Å²) in [5, 5.41) is 2.86. The molecule has 1 aromatic rings. The maximum atomic E-state index is 12.2. The minimum Gasteiger partial charge on any atom is -0.468 e. The van der Waals surface area contributed by atoms with Gasteiger partial charge in [-0.25, -0.2) is 4.79 Å². The number of carbonyl (C=O) groups excluding carboxylic acids is 2. The second kappa shape index (κ2) is 7.05. The third-order valence-corrected chi connectivity index (χ3v) is 2.45. The molecule has 0 bridgehead atoms. The topological polar surface area (TPSA) is 64.6 Å².